The summed E-state index contributed by atoms with van der Waals surface area (Å²) < 4.78 is 0. The highest BCUT2D eigenvalue weighted by atomic mass is 32.1. The molecular weight excluding hydrogens is 266 g/mol. The zero-order chi connectivity index (χ0) is 14.1. The van der Waals surface area contributed by atoms with Gasteiger partial charge in [0.05, 0.1) is 10.6 Å². The monoisotopic (exact) mass is 281 g/mol. The fraction of sp³-hybridized carbons (Fsp3) is 0.125. The number of hydrogen-bond donors (Lipinski definition) is 1. The predicted molar refractivity (Wildman–Crippen MR) is 84.7 cm³/mol. The van der Waals surface area contributed by atoms with E-state index in [1.54, 1.807) is 0 Å². The normalized spacial score (nSPS) is 10.7. The van der Waals surface area contributed by atoms with Gasteiger partial charge in [0.25, 0.3) is 0 Å². The van der Waals surface area contributed by atoms with Gasteiger partial charge in [-0.1, -0.05) is 35.1 Å². The Labute approximate surface area is 122 Å². The van der Waals surface area contributed by atoms with E-state index in [9.17, 15) is 0 Å². The van der Waals surface area contributed by atoms with Crippen molar-refractivity contribution in [2.75, 3.05) is 5.73 Å². The summed E-state index contributed by atoms with van der Waals surface area (Å²) >= 11 is 1.52. The second-order valence-electron chi connectivity index (χ2n) is 4.79. The topological polar surface area (TPSA) is 51.8 Å². The Morgan fingerprint density at radius 3 is 2.65 bits per heavy atom. The van der Waals surface area contributed by atoms with E-state index in [4.69, 9.17) is 5.73 Å². The molecule has 0 saturated carbocycles. The highest BCUT2D eigenvalue weighted by Gasteiger charge is 2.14. The van der Waals surface area contributed by atoms with Crippen LogP contribution in [0.3, 0.4) is 0 Å². The van der Waals surface area contributed by atoms with Crippen molar-refractivity contribution in [3.63, 3.8) is 0 Å². The van der Waals surface area contributed by atoms with Gasteiger partial charge in [0.15, 0.2) is 5.13 Å². The minimum Gasteiger partial charge on any atom is -0.375 e. The van der Waals surface area contributed by atoms with Crippen molar-refractivity contribution in [1.29, 1.82) is 0 Å². The average Bonchev–Trinajstić information content (AvgIpc) is 2.81. The third kappa shape index (κ3) is 2.42. The van der Waals surface area contributed by atoms with Gasteiger partial charge in [0, 0.05) is 17.5 Å². The number of thiazole rings is 1. The lowest BCUT2D eigenvalue weighted by Gasteiger charge is -2.04. The molecule has 2 heterocycles. The Morgan fingerprint density at radius 1 is 1.05 bits per heavy atom. The van der Waals surface area contributed by atoms with Gasteiger partial charge >= 0.3 is 0 Å². The summed E-state index contributed by atoms with van der Waals surface area (Å²) in [7, 11) is 0. The van der Waals surface area contributed by atoms with Crippen molar-refractivity contribution in [3.05, 3.63) is 53.9 Å². The smallest absolute Gasteiger partial charge is 0.181 e. The number of hydrogen-bond acceptors (Lipinski definition) is 4. The van der Waals surface area contributed by atoms with Gasteiger partial charge in [0.2, 0.25) is 0 Å². The van der Waals surface area contributed by atoms with Gasteiger partial charge in [-0.3, -0.25) is 4.98 Å². The van der Waals surface area contributed by atoms with Crippen LogP contribution in [-0.2, 0) is 0 Å². The minimum absolute atomic E-state index is 0.589. The molecular formula is C16H15N3S. The van der Waals surface area contributed by atoms with Crippen LogP contribution >= 0.6 is 11.3 Å². The van der Waals surface area contributed by atoms with Crippen LogP contribution in [0, 0.1) is 13.8 Å². The Morgan fingerprint density at radius 2 is 1.90 bits per heavy atom. The molecule has 0 amide bonds. The van der Waals surface area contributed by atoms with Crippen molar-refractivity contribution in [1.82, 2.24) is 9.97 Å². The maximum Gasteiger partial charge on any atom is 0.181 e. The van der Waals surface area contributed by atoms with Gasteiger partial charge in [0.1, 0.15) is 0 Å². The molecule has 3 rings (SSSR count). The van der Waals surface area contributed by atoms with Gasteiger partial charge in [-0.2, -0.15) is 0 Å². The van der Waals surface area contributed by atoms with E-state index in [0.717, 1.165) is 27.4 Å². The van der Waals surface area contributed by atoms with Crippen LogP contribution < -0.4 is 5.73 Å². The molecule has 0 aliphatic heterocycles. The lowest BCUT2D eigenvalue weighted by atomic mass is 10.1. The van der Waals surface area contributed by atoms with E-state index in [2.05, 4.69) is 41.2 Å². The molecule has 0 fully saturated rings. The SMILES string of the molecule is Cc1cccc(-c2nc(N)sc2-c2ccnc(C)c2)c1. The van der Waals surface area contributed by atoms with Crippen LogP contribution in [0.2, 0.25) is 0 Å². The largest absolute Gasteiger partial charge is 0.375 e. The number of nitrogens with two attached hydrogens (primary N) is 1. The van der Waals surface area contributed by atoms with Crippen LogP contribution in [0.25, 0.3) is 21.7 Å². The maximum absolute atomic E-state index is 5.92. The van der Waals surface area contributed by atoms with Crippen LogP contribution in [-0.4, -0.2) is 9.97 Å². The molecule has 4 heteroatoms. The fourth-order valence-corrected chi connectivity index (χ4v) is 3.06. The lowest BCUT2D eigenvalue weighted by Crippen LogP contribution is -1.86. The summed E-state index contributed by atoms with van der Waals surface area (Å²) in [6.45, 7) is 4.07. The zero-order valence-corrected chi connectivity index (χ0v) is 12.2. The van der Waals surface area contributed by atoms with Crippen LogP contribution in [0.4, 0.5) is 5.13 Å². The molecule has 100 valence electrons. The highest BCUT2D eigenvalue weighted by molar-refractivity contribution is 7.19. The first-order valence-corrected chi connectivity index (χ1v) is 7.21. The second kappa shape index (κ2) is 5.06. The number of benzene rings is 1. The molecule has 0 atom stereocenters. The third-order valence-electron chi connectivity index (χ3n) is 3.09. The first kappa shape index (κ1) is 12.8. The zero-order valence-electron chi connectivity index (χ0n) is 11.4. The minimum atomic E-state index is 0.589. The molecule has 0 radical (unpaired) electrons. The number of pyridine rings is 1. The Bertz CT molecular complexity index is 699. The Hall–Kier alpha value is -2.20. The van der Waals surface area contributed by atoms with Crippen molar-refractivity contribution in [3.8, 4) is 21.7 Å². The molecule has 3 aromatic rings. The highest BCUT2D eigenvalue weighted by Crippen LogP contribution is 2.38. The van der Waals surface area contributed by atoms with Crippen molar-refractivity contribution in [2.24, 2.45) is 0 Å². The molecule has 0 aliphatic carbocycles. The van der Waals surface area contributed by atoms with Crippen molar-refractivity contribution < 1.29 is 0 Å². The summed E-state index contributed by atoms with van der Waals surface area (Å²) in [6.07, 6.45) is 1.82. The lowest BCUT2D eigenvalue weighted by molar-refractivity contribution is 1.20. The van der Waals surface area contributed by atoms with Crippen molar-refractivity contribution in [2.45, 2.75) is 13.8 Å². The first-order valence-electron chi connectivity index (χ1n) is 6.40. The quantitative estimate of drug-likeness (QED) is 0.770. The first-order chi connectivity index (χ1) is 9.63. The molecule has 0 aliphatic rings. The molecule has 3 nitrogen and oxygen atoms in total. The summed E-state index contributed by atoms with van der Waals surface area (Å²) in [5.74, 6) is 0. The van der Waals surface area contributed by atoms with Gasteiger partial charge in [-0.05, 0) is 37.6 Å². The number of nitrogens with zero attached hydrogens (tertiary/aromatic N) is 2. The summed E-state index contributed by atoms with van der Waals surface area (Å²) in [5.41, 5.74) is 11.3. The van der Waals surface area contributed by atoms with E-state index in [1.165, 1.54) is 16.9 Å². The van der Waals surface area contributed by atoms with Gasteiger partial charge in [-0.15, -0.1) is 0 Å². The number of nitrogen functional groups attached to an aromatic ring is 1. The molecule has 0 spiro atoms. The number of aryl methyl sites for hydroxylation is 2. The molecule has 2 N–H and O–H groups in total. The predicted octanol–water partition coefficient (Wildman–Crippen LogP) is 4.07. The van der Waals surface area contributed by atoms with Gasteiger partial charge < -0.3 is 5.73 Å². The van der Waals surface area contributed by atoms with E-state index in [-0.39, 0.29) is 0 Å². The molecule has 2 aromatic heterocycles. The summed E-state index contributed by atoms with van der Waals surface area (Å²) in [5, 5.41) is 0.589. The average molecular weight is 281 g/mol. The standard InChI is InChI=1S/C16H15N3S/c1-10-4-3-5-12(8-10)14-15(20-16(17)19-14)13-6-7-18-11(2)9-13/h3-9H,1-2H3,(H2,17,19). The molecule has 0 bridgehead atoms. The third-order valence-corrected chi connectivity index (χ3v) is 4.03. The van der Waals surface area contributed by atoms with E-state index >= 15 is 0 Å². The molecule has 20 heavy (non-hydrogen) atoms. The van der Waals surface area contributed by atoms with Gasteiger partial charge in [-0.25, -0.2) is 4.98 Å². The van der Waals surface area contributed by atoms with Crippen LogP contribution in [0.1, 0.15) is 11.3 Å². The second-order valence-corrected chi connectivity index (χ2v) is 5.82. The Kier molecular flexibility index (Phi) is 3.24. The maximum atomic E-state index is 5.92. The van der Waals surface area contributed by atoms with Crippen molar-refractivity contribution >= 4 is 16.5 Å². The Balaban J connectivity index is 2.18. The van der Waals surface area contributed by atoms with E-state index in [1.807, 2.05) is 25.3 Å². The summed E-state index contributed by atoms with van der Waals surface area (Å²) in [6, 6.07) is 12.4. The number of anilines is 1. The van der Waals surface area contributed by atoms with E-state index < -0.39 is 0 Å². The number of aromatic nitrogens is 2. The molecule has 0 saturated heterocycles. The number of rotatable bonds is 2. The molecule has 1 aromatic carbocycles. The van der Waals surface area contributed by atoms with E-state index in [0.29, 0.717) is 5.13 Å². The summed E-state index contributed by atoms with van der Waals surface area (Å²) in [4.78, 5) is 9.84. The van der Waals surface area contributed by atoms with Crippen LogP contribution in [0.15, 0.2) is 42.6 Å². The fourth-order valence-electron chi connectivity index (χ4n) is 2.21. The molecule has 0 unspecified atom stereocenters. The van der Waals surface area contributed by atoms with Crippen LogP contribution in [0.5, 0.6) is 0 Å².